The lowest BCUT2D eigenvalue weighted by Gasteiger charge is -2.40. The third-order valence-electron chi connectivity index (χ3n) is 4.57. The second kappa shape index (κ2) is 5.19. The largest absolute Gasteiger partial charge is 0.469 e. The summed E-state index contributed by atoms with van der Waals surface area (Å²) in [6.45, 7) is 1.50. The molecule has 22 heavy (non-hydrogen) atoms. The number of rotatable bonds is 2. The van der Waals surface area contributed by atoms with Gasteiger partial charge in [-0.3, -0.25) is 4.79 Å². The first-order chi connectivity index (χ1) is 10.4. The average Bonchev–Trinajstić information content (AvgIpc) is 3.01. The molecule has 2 aliphatic heterocycles. The van der Waals surface area contributed by atoms with Crippen molar-refractivity contribution in [2.45, 2.75) is 24.9 Å². The number of fused-ring (bicyclic) bond motifs is 2. The lowest BCUT2D eigenvalue weighted by molar-refractivity contribution is -0.221. The van der Waals surface area contributed by atoms with Crippen LogP contribution in [-0.2, 0) is 23.8 Å². The summed E-state index contributed by atoms with van der Waals surface area (Å²) in [4.78, 5) is 23.8. The maximum Gasteiger partial charge on any atom is 0.337 e. The molecule has 0 unspecified atom stereocenters. The Kier molecular flexibility index (Phi) is 3.58. The van der Waals surface area contributed by atoms with Crippen molar-refractivity contribution in [3.8, 4) is 0 Å². The molecule has 2 heterocycles. The van der Waals surface area contributed by atoms with Gasteiger partial charge in [0.1, 0.15) is 0 Å². The van der Waals surface area contributed by atoms with Crippen LogP contribution in [-0.4, -0.2) is 53.9 Å². The fraction of sp³-hybridized carbons (Fsp3) is 0.600. The van der Waals surface area contributed by atoms with E-state index in [2.05, 4.69) is 0 Å². The summed E-state index contributed by atoms with van der Waals surface area (Å²) in [6, 6.07) is 0. The third kappa shape index (κ3) is 2.08. The molecular formula is C15H18O7. The van der Waals surface area contributed by atoms with E-state index in [-0.39, 0.29) is 18.1 Å². The molecule has 0 aromatic heterocycles. The lowest BCUT2D eigenvalue weighted by Crippen LogP contribution is -2.51. The number of esters is 2. The zero-order valence-corrected chi connectivity index (χ0v) is 12.3. The minimum absolute atomic E-state index is 0.0380. The van der Waals surface area contributed by atoms with Gasteiger partial charge >= 0.3 is 11.9 Å². The normalized spacial score (nSPS) is 41.1. The molecule has 7 nitrogen and oxygen atoms in total. The summed E-state index contributed by atoms with van der Waals surface area (Å²) >= 11 is 0. The number of aliphatic hydroxyl groups excluding tert-OH is 2. The highest BCUT2D eigenvalue weighted by atomic mass is 16.6. The molecule has 0 aromatic rings. The first kappa shape index (κ1) is 15.2. The van der Waals surface area contributed by atoms with E-state index in [1.165, 1.54) is 20.1 Å². The molecule has 0 bridgehead atoms. The number of hydrogen-bond donors (Lipinski definition) is 2. The van der Waals surface area contributed by atoms with Gasteiger partial charge in [-0.2, -0.15) is 0 Å². The Labute approximate surface area is 127 Å². The molecule has 0 amide bonds. The van der Waals surface area contributed by atoms with Gasteiger partial charge < -0.3 is 24.4 Å². The summed E-state index contributed by atoms with van der Waals surface area (Å²) < 4.78 is 15.5. The molecular weight excluding hydrogens is 292 g/mol. The van der Waals surface area contributed by atoms with Crippen LogP contribution in [0.3, 0.4) is 0 Å². The highest BCUT2D eigenvalue weighted by molar-refractivity contribution is 5.93. The van der Waals surface area contributed by atoms with Gasteiger partial charge in [-0.25, -0.2) is 4.79 Å². The van der Waals surface area contributed by atoms with E-state index in [1.807, 2.05) is 0 Å². The number of aliphatic hydroxyl groups is 2. The average molecular weight is 310 g/mol. The Bertz CT molecular complexity index is 564. The van der Waals surface area contributed by atoms with Crippen molar-refractivity contribution in [2.24, 2.45) is 17.8 Å². The van der Waals surface area contributed by atoms with Crippen molar-refractivity contribution in [2.75, 3.05) is 13.7 Å². The predicted molar refractivity (Wildman–Crippen MR) is 72.2 cm³/mol. The highest BCUT2D eigenvalue weighted by Gasteiger charge is 2.59. The molecule has 0 aromatic carbocycles. The third-order valence-corrected chi connectivity index (χ3v) is 4.57. The Morgan fingerprint density at radius 3 is 2.86 bits per heavy atom. The van der Waals surface area contributed by atoms with Crippen LogP contribution in [0.15, 0.2) is 23.8 Å². The quantitative estimate of drug-likeness (QED) is 0.525. The summed E-state index contributed by atoms with van der Waals surface area (Å²) in [6.07, 6.45) is 2.74. The van der Waals surface area contributed by atoms with E-state index in [1.54, 1.807) is 12.2 Å². The number of hydrogen-bond acceptors (Lipinski definition) is 7. The SMILES string of the molecule is COC(=O)[C@H]1CO[C@@H](O)[C@H]2[C@@H]1C=C[C@@]21C=C([C@H](C)O)C(=O)O1. The number of ether oxygens (including phenoxy) is 3. The fourth-order valence-electron chi connectivity index (χ4n) is 3.47. The Morgan fingerprint density at radius 2 is 2.27 bits per heavy atom. The van der Waals surface area contributed by atoms with E-state index in [9.17, 15) is 19.8 Å². The topological polar surface area (TPSA) is 102 Å². The highest BCUT2D eigenvalue weighted by Crippen LogP contribution is 2.49. The van der Waals surface area contributed by atoms with Gasteiger partial charge in [0.15, 0.2) is 11.9 Å². The van der Waals surface area contributed by atoms with E-state index in [0.717, 1.165) is 0 Å². The molecule has 3 aliphatic rings. The molecule has 7 heteroatoms. The van der Waals surface area contributed by atoms with E-state index < -0.39 is 41.8 Å². The van der Waals surface area contributed by atoms with Gasteiger partial charge in [-0.1, -0.05) is 6.08 Å². The van der Waals surface area contributed by atoms with E-state index in [4.69, 9.17) is 14.2 Å². The molecule has 1 spiro atoms. The zero-order chi connectivity index (χ0) is 16.1. The Balaban J connectivity index is 1.96. The van der Waals surface area contributed by atoms with Crippen LogP contribution >= 0.6 is 0 Å². The minimum atomic E-state index is -1.19. The van der Waals surface area contributed by atoms with Crippen molar-refractivity contribution in [3.05, 3.63) is 23.8 Å². The van der Waals surface area contributed by atoms with Crippen molar-refractivity contribution in [3.63, 3.8) is 0 Å². The van der Waals surface area contributed by atoms with E-state index in [0.29, 0.717) is 0 Å². The van der Waals surface area contributed by atoms with Gasteiger partial charge in [-0.05, 0) is 19.1 Å². The van der Waals surface area contributed by atoms with Crippen LogP contribution in [0, 0.1) is 17.8 Å². The molecule has 3 rings (SSSR count). The summed E-state index contributed by atoms with van der Waals surface area (Å²) in [5.74, 6) is -2.66. The second-order valence-electron chi connectivity index (χ2n) is 5.83. The van der Waals surface area contributed by atoms with Crippen molar-refractivity contribution in [1.82, 2.24) is 0 Å². The smallest absolute Gasteiger partial charge is 0.337 e. The van der Waals surface area contributed by atoms with E-state index >= 15 is 0 Å². The number of allylic oxidation sites excluding steroid dienone is 1. The predicted octanol–water partition coefficient (Wildman–Crippen LogP) is -0.471. The van der Waals surface area contributed by atoms with Gasteiger partial charge in [0.05, 0.1) is 37.2 Å². The second-order valence-corrected chi connectivity index (χ2v) is 5.83. The first-order valence-electron chi connectivity index (χ1n) is 7.10. The van der Waals surface area contributed by atoms with Crippen molar-refractivity contribution >= 4 is 11.9 Å². The lowest BCUT2D eigenvalue weighted by atomic mass is 9.75. The first-order valence-corrected chi connectivity index (χ1v) is 7.10. The maximum atomic E-state index is 11.9. The standard InChI is InChI=1S/C15H18O7/c1-7(16)9-5-15(22-13(9)18)4-3-8-10(12(17)20-2)6-21-14(19)11(8)15/h3-5,7-8,10-11,14,16,19H,6H2,1-2H3/t7-,8+,10-,11+,14+,15+/m0/s1. The van der Waals surface area contributed by atoms with Gasteiger partial charge in [-0.15, -0.1) is 0 Å². The Hall–Kier alpha value is -1.70. The summed E-state index contributed by atoms with van der Waals surface area (Å²) in [7, 11) is 1.29. The summed E-state index contributed by atoms with van der Waals surface area (Å²) in [5.41, 5.74) is -1.06. The fourth-order valence-corrected chi connectivity index (χ4v) is 3.47. The molecule has 1 saturated heterocycles. The molecule has 1 fully saturated rings. The zero-order valence-electron chi connectivity index (χ0n) is 12.3. The molecule has 6 atom stereocenters. The number of carbonyl (C=O) groups is 2. The van der Waals surface area contributed by atoms with Crippen LogP contribution in [0.5, 0.6) is 0 Å². The van der Waals surface area contributed by atoms with Crippen LogP contribution in [0.2, 0.25) is 0 Å². The molecule has 2 N–H and O–H groups in total. The molecule has 0 saturated carbocycles. The van der Waals surface area contributed by atoms with Crippen molar-refractivity contribution < 1.29 is 34.0 Å². The minimum Gasteiger partial charge on any atom is -0.469 e. The van der Waals surface area contributed by atoms with Crippen LogP contribution < -0.4 is 0 Å². The molecule has 0 radical (unpaired) electrons. The van der Waals surface area contributed by atoms with Crippen LogP contribution in [0.4, 0.5) is 0 Å². The monoisotopic (exact) mass is 310 g/mol. The maximum absolute atomic E-state index is 11.9. The number of carbonyl (C=O) groups excluding carboxylic acids is 2. The molecule has 120 valence electrons. The van der Waals surface area contributed by atoms with Gasteiger partial charge in [0.2, 0.25) is 0 Å². The summed E-state index contributed by atoms with van der Waals surface area (Å²) in [5, 5.41) is 19.8. The van der Waals surface area contributed by atoms with Crippen LogP contribution in [0.1, 0.15) is 6.92 Å². The van der Waals surface area contributed by atoms with Gasteiger partial charge in [0, 0.05) is 5.92 Å². The van der Waals surface area contributed by atoms with Crippen LogP contribution in [0.25, 0.3) is 0 Å². The number of methoxy groups -OCH3 is 1. The van der Waals surface area contributed by atoms with Crippen molar-refractivity contribution in [1.29, 1.82) is 0 Å². The van der Waals surface area contributed by atoms with Gasteiger partial charge in [0.25, 0.3) is 0 Å². The Morgan fingerprint density at radius 1 is 1.55 bits per heavy atom. The molecule has 1 aliphatic carbocycles.